The Labute approximate surface area is 100 Å². The second-order valence-electron chi connectivity index (χ2n) is 3.37. The van der Waals surface area contributed by atoms with Crippen LogP contribution in [0.1, 0.15) is 12.5 Å². The van der Waals surface area contributed by atoms with Crippen molar-refractivity contribution >= 4 is 17.4 Å². The Morgan fingerprint density at radius 2 is 2.25 bits per heavy atom. The summed E-state index contributed by atoms with van der Waals surface area (Å²) in [5, 5.41) is 4.22. The minimum absolute atomic E-state index is 0.675. The molecular weight excluding hydrogens is 216 g/mol. The van der Waals surface area contributed by atoms with E-state index in [0.29, 0.717) is 6.61 Å². The maximum atomic E-state index is 5.60. The van der Waals surface area contributed by atoms with Crippen molar-refractivity contribution in [1.29, 1.82) is 0 Å². The first-order chi connectivity index (χ1) is 7.86. The summed E-state index contributed by atoms with van der Waals surface area (Å²) in [6.07, 6.45) is 1.86. The fourth-order valence-corrected chi connectivity index (χ4v) is 2.36. The van der Waals surface area contributed by atoms with Crippen LogP contribution in [0, 0.1) is 0 Å². The lowest BCUT2D eigenvalue weighted by Crippen LogP contribution is -1.95. The molecule has 0 aliphatic rings. The van der Waals surface area contributed by atoms with Gasteiger partial charge in [0.05, 0.1) is 6.61 Å². The molecule has 0 amide bonds. The molecule has 0 fully saturated rings. The van der Waals surface area contributed by atoms with E-state index in [1.165, 1.54) is 11.1 Å². The molecular formula is C14H14OS. The molecule has 0 aliphatic carbocycles. The van der Waals surface area contributed by atoms with Gasteiger partial charge in [0.1, 0.15) is 5.75 Å². The van der Waals surface area contributed by atoms with Gasteiger partial charge in [0.25, 0.3) is 0 Å². The van der Waals surface area contributed by atoms with Gasteiger partial charge in [-0.2, -0.15) is 11.3 Å². The number of hydrogen-bond donors (Lipinski definition) is 0. The lowest BCUT2D eigenvalue weighted by atomic mass is 10.0. The van der Waals surface area contributed by atoms with E-state index in [9.17, 15) is 0 Å². The fourth-order valence-electron chi connectivity index (χ4n) is 1.71. The molecule has 0 N–H and O–H groups in total. The van der Waals surface area contributed by atoms with Crippen LogP contribution in [0.15, 0.2) is 41.6 Å². The van der Waals surface area contributed by atoms with Crippen molar-refractivity contribution in [1.82, 2.24) is 0 Å². The van der Waals surface area contributed by atoms with Crippen LogP contribution in [0.5, 0.6) is 5.75 Å². The average molecular weight is 230 g/mol. The van der Waals surface area contributed by atoms with Gasteiger partial charge in [-0.3, -0.25) is 0 Å². The lowest BCUT2D eigenvalue weighted by Gasteiger charge is -2.11. The average Bonchev–Trinajstić information content (AvgIpc) is 2.82. The summed E-state index contributed by atoms with van der Waals surface area (Å²) < 4.78 is 5.60. The molecule has 16 heavy (non-hydrogen) atoms. The van der Waals surface area contributed by atoms with E-state index < -0.39 is 0 Å². The predicted molar refractivity (Wildman–Crippen MR) is 71.0 cm³/mol. The van der Waals surface area contributed by atoms with Gasteiger partial charge in [-0.05, 0) is 40.9 Å². The van der Waals surface area contributed by atoms with Gasteiger partial charge >= 0.3 is 0 Å². The summed E-state index contributed by atoms with van der Waals surface area (Å²) in [4.78, 5) is 0. The molecule has 2 rings (SSSR count). The Morgan fingerprint density at radius 3 is 2.88 bits per heavy atom. The third-order valence-corrected chi connectivity index (χ3v) is 3.09. The van der Waals surface area contributed by atoms with Crippen molar-refractivity contribution in [2.24, 2.45) is 0 Å². The molecule has 0 radical (unpaired) electrons. The van der Waals surface area contributed by atoms with Crippen molar-refractivity contribution in [3.05, 3.63) is 47.2 Å². The quantitative estimate of drug-likeness (QED) is 0.753. The Hall–Kier alpha value is -1.54. The maximum Gasteiger partial charge on any atom is 0.127 e. The fraction of sp³-hybridized carbons (Fsp3) is 0.143. The van der Waals surface area contributed by atoms with Crippen LogP contribution in [-0.4, -0.2) is 6.61 Å². The molecule has 1 heterocycles. The first-order valence-corrected chi connectivity index (χ1v) is 6.22. The van der Waals surface area contributed by atoms with Gasteiger partial charge < -0.3 is 4.74 Å². The van der Waals surface area contributed by atoms with Gasteiger partial charge in [-0.1, -0.05) is 24.8 Å². The van der Waals surface area contributed by atoms with E-state index in [2.05, 4.69) is 29.5 Å². The summed E-state index contributed by atoms with van der Waals surface area (Å²) in [5.74, 6) is 0.904. The van der Waals surface area contributed by atoms with Crippen LogP contribution >= 0.6 is 11.3 Å². The SMILES string of the molecule is C=Cc1c(OCC)cccc1-c1ccsc1. The first-order valence-electron chi connectivity index (χ1n) is 5.27. The van der Waals surface area contributed by atoms with Crippen LogP contribution < -0.4 is 4.74 Å². The van der Waals surface area contributed by atoms with Crippen molar-refractivity contribution in [3.8, 4) is 16.9 Å². The second kappa shape index (κ2) is 4.99. The van der Waals surface area contributed by atoms with E-state index >= 15 is 0 Å². The summed E-state index contributed by atoms with van der Waals surface area (Å²) in [6, 6.07) is 8.21. The largest absolute Gasteiger partial charge is 0.493 e. The van der Waals surface area contributed by atoms with Crippen LogP contribution in [-0.2, 0) is 0 Å². The molecule has 1 aromatic carbocycles. The van der Waals surface area contributed by atoms with E-state index in [0.717, 1.165) is 11.3 Å². The van der Waals surface area contributed by atoms with Gasteiger partial charge in [0.2, 0.25) is 0 Å². The second-order valence-corrected chi connectivity index (χ2v) is 4.15. The van der Waals surface area contributed by atoms with E-state index in [1.807, 2.05) is 25.1 Å². The molecule has 0 saturated heterocycles. The molecule has 1 nitrogen and oxygen atoms in total. The molecule has 0 saturated carbocycles. The monoisotopic (exact) mass is 230 g/mol. The lowest BCUT2D eigenvalue weighted by molar-refractivity contribution is 0.339. The van der Waals surface area contributed by atoms with Crippen molar-refractivity contribution in [2.75, 3.05) is 6.61 Å². The minimum Gasteiger partial charge on any atom is -0.493 e. The van der Waals surface area contributed by atoms with E-state index in [1.54, 1.807) is 11.3 Å². The zero-order chi connectivity index (χ0) is 11.4. The van der Waals surface area contributed by atoms with Crippen molar-refractivity contribution in [3.63, 3.8) is 0 Å². The van der Waals surface area contributed by atoms with Crippen LogP contribution in [0.25, 0.3) is 17.2 Å². The Balaban J connectivity index is 2.53. The Kier molecular flexibility index (Phi) is 3.42. The number of benzene rings is 1. The normalized spacial score (nSPS) is 10.1. The molecule has 2 aromatic rings. The summed E-state index contributed by atoms with van der Waals surface area (Å²) in [6.45, 7) is 6.53. The smallest absolute Gasteiger partial charge is 0.127 e. The number of thiophene rings is 1. The number of ether oxygens (including phenoxy) is 1. The van der Waals surface area contributed by atoms with Gasteiger partial charge in [-0.25, -0.2) is 0 Å². The standard InChI is InChI=1S/C14H14OS/c1-3-12-13(11-8-9-16-10-11)6-5-7-14(12)15-4-2/h3,5-10H,1,4H2,2H3. The maximum absolute atomic E-state index is 5.60. The Bertz CT molecular complexity index is 471. The van der Waals surface area contributed by atoms with Crippen LogP contribution in [0.3, 0.4) is 0 Å². The molecule has 0 unspecified atom stereocenters. The van der Waals surface area contributed by atoms with Crippen molar-refractivity contribution < 1.29 is 4.74 Å². The predicted octanol–water partition coefficient (Wildman–Crippen LogP) is 4.46. The van der Waals surface area contributed by atoms with Crippen LogP contribution in [0.4, 0.5) is 0 Å². The van der Waals surface area contributed by atoms with Gasteiger partial charge in [-0.15, -0.1) is 0 Å². The van der Waals surface area contributed by atoms with Gasteiger partial charge in [0, 0.05) is 5.56 Å². The van der Waals surface area contributed by atoms with Crippen LogP contribution in [0.2, 0.25) is 0 Å². The summed E-state index contributed by atoms with van der Waals surface area (Å²) >= 11 is 1.70. The minimum atomic E-state index is 0.675. The molecule has 0 bridgehead atoms. The molecule has 0 aliphatic heterocycles. The third kappa shape index (κ3) is 2.02. The first kappa shape index (κ1) is 11.0. The Morgan fingerprint density at radius 1 is 1.38 bits per heavy atom. The van der Waals surface area contributed by atoms with E-state index in [4.69, 9.17) is 4.74 Å². The highest BCUT2D eigenvalue weighted by atomic mass is 32.1. The van der Waals surface area contributed by atoms with E-state index in [-0.39, 0.29) is 0 Å². The zero-order valence-electron chi connectivity index (χ0n) is 9.27. The highest BCUT2D eigenvalue weighted by molar-refractivity contribution is 7.08. The highest BCUT2D eigenvalue weighted by Crippen LogP contribution is 2.32. The number of rotatable bonds is 4. The molecule has 2 heteroatoms. The zero-order valence-corrected chi connectivity index (χ0v) is 10.1. The summed E-state index contributed by atoms with van der Waals surface area (Å²) in [5.41, 5.74) is 3.48. The number of hydrogen-bond acceptors (Lipinski definition) is 2. The topological polar surface area (TPSA) is 9.23 Å². The molecule has 0 atom stereocenters. The molecule has 1 aromatic heterocycles. The van der Waals surface area contributed by atoms with Crippen molar-refractivity contribution in [2.45, 2.75) is 6.92 Å². The highest BCUT2D eigenvalue weighted by Gasteiger charge is 2.08. The summed E-state index contributed by atoms with van der Waals surface area (Å²) in [7, 11) is 0. The van der Waals surface area contributed by atoms with Gasteiger partial charge in [0.15, 0.2) is 0 Å². The third-order valence-electron chi connectivity index (χ3n) is 2.40. The molecule has 0 spiro atoms. The molecule has 82 valence electrons.